The molecule has 0 aromatic carbocycles. The van der Waals surface area contributed by atoms with Gasteiger partial charge in [0.2, 0.25) is 0 Å². The SMILES string of the molecule is CC1CN(S(=O)(=O)N(CC2CCOC2)C2CC2)CC(C)O1. The van der Waals surface area contributed by atoms with E-state index in [0.717, 1.165) is 25.9 Å². The highest BCUT2D eigenvalue weighted by molar-refractivity contribution is 7.86. The maximum Gasteiger partial charge on any atom is 0.282 e. The van der Waals surface area contributed by atoms with Crippen molar-refractivity contribution < 1.29 is 17.9 Å². The van der Waals surface area contributed by atoms with Crippen LogP contribution in [0.2, 0.25) is 0 Å². The Bertz CT molecular complexity index is 450. The highest BCUT2D eigenvalue weighted by Crippen LogP contribution is 2.33. The van der Waals surface area contributed by atoms with Crippen LogP contribution in [0.15, 0.2) is 0 Å². The predicted octanol–water partition coefficient (Wildman–Crippen LogP) is 0.841. The van der Waals surface area contributed by atoms with E-state index in [1.807, 2.05) is 13.8 Å². The highest BCUT2D eigenvalue weighted by Gasteiger charge is 2.43. The standard InChI is InChI=1S/C14H26N2O4S/c1-11-7-15(8-12(2)20-11)21(17,18)16(14-3-4-14)9-13-5-6-19-10-13/h11-14H,3-10H2,1-2H3. The van der Waals surface area contributed by atoms with E-state index in [0.29, 0.717) is 32.2 Å². The predicted molar refractivity (Wildman–Crippen MR) is 79.2 cm³/mol. The fraction of sp³-hybridized carbons (Fsp3) is 1.00. The van der Waals surface area contributed by atoms with Crippen LogP contribution in [0.1, 0.15) is 33.1 Å². The summed E-state index contributed by atoms with van der Waals surface area (Å²) in [4.78, 5) is 0. The van der Waals surface area contributed by atoms with Crippen LogP contribution >= 0.6 is 0 Å². The normalized spacial score (nSPS) is 35.5. The van der Waals surface area contributed by atoms with Crippen molar-refractivity contribution in [2.45, 2.75) is 51.4 Å². The zero-order valence-electron chi connectivity index (χ0n) is 12.9. The number of ether oxygens (including phenoxy) is 2. The molecule has 0 amide bonds. The summed E-state index contributed by atoms with van der Waals surface area (Å²) in [5.41, 5.74) is 0. The van der Waals surface area contributed by atoms with Crippen molar-refractivity contribution in [3.63, 3.8) is 0 Å². The molecular formula is C14H26N2O4S. The molecule has 3 aliphatic rings. The Labute approximate surface area is 127 Å². The molecule has 0 aromatic rings. The molecule has 21 heavy (non-hydrogen) atoms. The van der Waals surface area contributed by atoms with Gasteiger partial charge in [-0.25, -0.2) is 0 Å². The lowest BCUT2D eigenvalue weighted by Crippen LogP contribution is -2.54. The first-order valence-electron chi connectivity index (χ1n) is 7.97. The van der Waals surface area contributed by atoms with Gasteiger partial charge in [-0.05, 0) is 39.0 Å². The van der Waals surface area contributed by atoms with Gasteiger partial charge < -0.3 is 9.47 Å². The van der Waals surface area contributed by atoms with E-state index in [1.165, 1.54) is 0 Å². The number of nitrogens with zero attached hydrogens (tertiary/aromatic N) is 2. The second kappa shape index (κ2) is 6.12. The molecule has 0 radical (unpaired) electrons. The van der Waals surface area contributed by atoms with Crippen molar-refractivity contribution in [1.29, 1.82) is 0 Å². The third-order valence-corrected chi connectivity index (χ3v) is 6.42. The molecule has 3 fully saturated rings. The average molecular weight is 318 g/mol. The molecule has 7 heteroatoms. The van der Waals surface area contributed by atoms with Gasteiger partial charge in [0, 0.05) is 32.3 Å². The minimum atomic E-state index is -3.38. The largest absolute Gasteiger partial charge is 0.381 e. The van der Waals surface area contributed by atoms with Gasteiger partial charge in [-0.3, -0.25) is 0 Å². The average Bonchev–Trinajstić information content (AvgIpc) is 3.11. The zero-order chi connectivity index (χ0) is 15.0. The fourth-order valence-electron chi connectivity index (χ4n) is 3.24. The molecule has 3 rings (SSSR count). The maximum absolute atomic E-state index is 13.0. The summed E-state index contributed by atoms with van der Waals surface area (Å²) >= 11 is 0. The summed E-state index contributed by atoms with van der Waals surface area (Å²) in [6, 6.07) is 0.198. The Morgan fingerprint density at radius 1 is 1.14 bits per heavy atom. The van der Waals surface area contributed by atoms with Crippen LogP contribution in [0, 0.1) is 5.92 Å². The van der Waals surface area contributed by atoms with Crippen LogP contribution in [-0.4, -0.2) is 68.1 Å². The summed E-state index contributed by atoms with van der Waals surface area (Å²) in [7, 11) is -3.38. The molecule has 0 N–H and O–H groups in total. The van der Waals surface area contributed by atoms with Crippen LogP contribution in [0.5, 0.6) is 0 Å². The summed E-state index contributed by atoms with van der Waals surface area (Å²) in [5.74, 6) is 0.344. The second-order valence-corrected chi connectivity index (χ2v) is 8.49. The Morgan fingerprint density at radius 2 is 1.81 bits per heavy atom. The molecule has 2 aliphatic heterocycles. The molecule has 3 atom stereocenters. The topological polar surface area (TPSA) is 59.1 Å². The van der Waals surface area contributed by atoms with Crippen molar-refractivity contribution in [2.24, 2.45) is 5.92 Å². The van der Waals surface area contributed by atoms with E-state index in [-0.39, 0.29) is 18.2 Å². The lowest BCUT2D eigenvalue weighted by Gasteiger charge is -2.38. The van der Waals surface area contributed by atoms with Gasteiger partial charge in [0.1, 0.15) is 0 Å². The Morgan fingerprint density at radius 3 is 2.33 bits per heavy atom. The first-order chi connectivity index (χ1) is 9.96. The third kappa shape index (κ3) is 3.59. The second-order valence-electron chi connectivity index (χ2n) is 6.61. The van der Waals surface area contributed by atoms with Gasteiger partial charge in [0.05, 0.1) is 18.8 Å². The monoisotopic (exact) mass is 318 g/mol. The van der Waals surface area contributed by atoms with Gasteiger partial charge in [-0.15, -0.1) is 0 Å². The Balaban J connectivity index is 1.73. The van der Waals surface area contributed by atoms with E-state index < -0.39 is 10.2 Å². The molecule has 2 heterocycles. The van der Waals surface area contributed by atoms with Crippen molar-refractivity contribution in [2.75, 3.05) is 32.8 Å². The first-order valence-corrected chi connectivity index (χ1v) is 9.36. The lowest BCUT2D eigenvalue weighted by atomic mass is 10.1. The smallest absolute Gasteiger partial charge is 0.282 e. The number of morpholine rings is 1. The molecule has 6 nitrogen and oxygen atoms in total. The molecular weight excluding hydrogens is 292 g/mol. The van der Waals surface area contributed by atoms with Gasteiger partial charge in [0.15, 0.2) is 0 Å². The van der Waals surface area contributed by atoms with Crippen molar-refractivity contribution in [3.05, 3.63) is 0 Å². The van der Waals surface area contributed by atoms with E-state index in [2.05, 4.69) is 0 Å². The van der Waals surface area contributed by atoms with Gasteiger partial charge in [-0.1, -0.05) is 0 Å². The molecule has 0 aromatic heterocycles. The summed E-state index contributed by atoms with van der Waals surface area (Å²) in [6.07, 6.45) is 2.86. The first kappa shape index (κ1) is 15.7. The van der Waals surface area contributed by atoms with Crippen LogP contribution in [0.25, 0.3) is 0 Å². The minimum absolute atomic E-state index is 0.0422. The van der Waals surface area contributed by atoms with E-state index in [1.54, 1.807) is 8.61 Å². The van der Waals surface area contributed by atoms with Crippen molar-refractivity contribution in [1.82, 2.24) is 8.61 Å². The maximum atomic E-state index is 13.0. The summed E-state index contributed by atoms with van der Waals surface area (Å²) in [6.45, 7) is 6.83. The molecule has 1 aliphatic carbocycles. The number of hydrogen-bond donors (Lipinski definition) is 0. The Hall–Kier alpha value is -0.210. The van der Waals surface area contributed by atoms with Crippen molar-refractivity contribution >= 4 is 10.2 Å². The number of hydrogen-bond acceptors (Lipinski definition) is 4. The molecule has 3 unspecified atom stereocenters. The highest BCUT2D eigenvalue weighted by atomic mass is 32.2. The molecule has 2 saturated heterocycles. The fourth-order valence-corrected chi connectivity index (χ4v) is 5.32. The molecule has 1 saturated carbocycles. The van der Waals surface area contributed by atoms with E-state index in [4.69, 9.17) is 9.47 Å². The summed E-state index contributed by atoms with van der Waals surface area (Å²) in [5, 5.41) is 0. The van der Waals surface area contributed by atoms with Gasteiger partial charge in [-0.2, -0.15) is 17.0 Å². The van der Waals surface area contributed by atoms with Crippen LogP contribution < -0.4 is 0 Å². The lowest BCUT2D eigenvalue weighted by molar-refractivity contribution is -0.0456. The van der Waals surface area contributed by atoms with Crippen LogP contribution in [0.3, 0.4) is 0 Å². The minimum Gasteiger partial charge on any atom is -0.381 e. The molecule has 0 spiro atoms. The van der Waals surface area contributed by atoms with E-state index in [9.17, 15) is 8.42 Å². The van der Waals surface area contributed by atoms with E-state index >= 15 is 0 Å². The number of rotatable bonds is 5. The third-order valence-electron chi connectivity index (χ3n) is 4.43. The summed E-state index contributed by atoms with van der Waals surface area (Å²) < 4.78 is 40.4. The van der Waals surface area contributed by atoms with Gasteiger partial charge >= 0.3 is 0 Å². The quantitative estimate of drug-likeness (QED) is 0.754. The Kier molecular flexibility index (Phi) is 4.57. The van der Waals surface area contributed by atoms with Gasteiger partial charge in [0.25, 0.3) is 10.2 Å². The molecule has 122 valence electrons. The van der Waals surface area contributed by atoms with Crippen LogP contribution in [-0.2, 0) is 19.7 Å². The van der Waals surface area contributed by atoms with Crippen LogP contribution in [0.4, 0.5) is 0 Å². The molecule has 0 bridgehead atoms. The zero-order valence-corrected chi connectivity index (χ0v) is 13.7. The van der Waals surface area contributed by atoms with Crippen molar-refractivity contribution in [3.8, 4) is 0 Å².